The highest BCUT2D eigenvalue weighted by atomic mass is 16.5. The van der Waals surface area contributed by atoms with E-state index in [1.54, 1.807) is 49.7 Å². The van der Waals surface area contributed by atoms with Crippen LogP contribution >= 0.6 is 0 Å². The average Bonchev–Trinajstić information content (AvgIpc) is 3.25. The van der Waals surface area contributed by atoms with E-state index in [-0.39, 0.29) is 5.91 Å². The van der Waals surface area contributed by atoms with E-state index in [2.05, 4.69) is 20.3 Å². The molecule has 0 unspecified atom stereocenters. The Bertz CT molecular complexity index is 1230. The summed E-state index contributed by atoms with van der Waals surface area (Å²) in [6.45, 7) is 1.89. The summed E-state index contributed by atoms with van der Waals surface area (Å²) in [6, 6.07) is 16.2. The molecule has 32 heavy (non-hydrogen) atoms. The molecular formula is C24H21N5O3. The van der Waals surface area contributed by atoms with Gasteiger partial charge in [-0.3, -0.25) is 9.36 Å². The van der Waals surface area contributed by atoms with Crippen molar-refractivity contribution >= 4 is 17.7 Å². The van der Waals surface area contributed by atoms with Crippen molar-refractivity contribution in [1.82, 2.24) is 19.5 Å². The molecule has 4 aromatic rings. The highest BCUT2D eigenvalue weighted by molar-refractivity contribution is 6.01. The molecule has 0 aliphatic carbocycles. The maximum absolute atomic E-state index is 12.2. The summed E-state index contributed by atoms with van der Waals surface area (Å²) in [7, 11) is 1.61. The minimum absolute atomic E-state index is 0.231. The van der Waals surface area contributed by atoms with Crippen molar-refractivity contribution in [2.24, 2.45) is 0 Å². The molecule has 0 spiro atoms. The van der Waals surface area contributed by atoms with Crippen molar-refractivity contribution in [3.63, 3.8) is 0 Å². The Morgan fingerprint density at radius 2 is 1.75 bits per heavy atom. The summed E-state index contributed by atoms with van der Waals surface area (Å²) >= 11 is 0. The van der Waals surface area contributed by atoms with Crippen LogP contribution in [0.25, 0.3) is 11.9 Å². The Morgan fingerprint density at radius 1 is 1.00 bits per heavy atom. The van der Waals surface area contributed by atoms with Crippen molar-refractivity contribution in [2.45, 2.75) is 6.92 Å². The van der Waals surface area contributed by atoms with Crippen LogP contribution in [0.3, 0.4) is 0 Å². The fourth-order valence-corrected chi connectivity index (χ4v) is 2.94. The third kappa shape index (κ3) is 5.17. The zero-order valence-electron chi connectivity index (χ0n) is 17.6. The highest BCUT2D eigenvalue weighted by Crippen LogP contribution is 2.23. The van der Waals surface area contributed by atoms with Crippen LogP contribution in [0.1, 0.15) is 11.4 Å². The summed E-state index contributed by atoms with van der Waals surface area (Å²) in [5.41, 5.74) is 1.55. The minimum atomic E-state index is -0.231. The van der Waals surface area contributed by atoms with Crippen LogP contribution in [0.15, 0.2) is 79.4 Å². The summed E-state index contributed by atoms with van der Waals surface area (Å²) < 4.78 is 12.8. The molecule has 1 N–H and O–H groups in total. The van der Waals surface area contributed by atoms with E-state index in [0.29, 0.717) is 23.1 Å². The largest absolute Gasteiger partial charge is 0.497 e. The van der Waals surface area contributed by atoms with Crippen LogP contribution in [0, 0.1) is 6.92 Å². The fourth-order valence-electron chi connectivity index (χ4n) is 2.94. The summed E-state index contributed by atoms with van der Waals surface area (Å²) in [5.74, 6) is 3.01. The quantitative estimate of drug-likeness (QED) is 0.439. The van der Waals surface area contributed by atoms with Crippen LogP contribution in [-0.2, 0) is 4.79 Å². The van der Waals surface area contributed by atoms with Gasteiger partial charge in [-0.1, -0.05) is 12.1 Å². The Balaban J connectivity index is 1.36. The normalized spacial score (nSPS) is 10.8. The smallest absolute Gasteiger partial charge is 0.248 e. The second-order valence-corrected chi connectivity index (χ2v) is 6.78. The number of amides is 1. The number of ether oxygens (including phenoxy) is 2. The number of imidazole rings is 1. The predicted molar refractivity (Wildman–Crippen MR) is 121 cm³/mol. The molecule has 2 aromatic heterocycles. The molecule has 2 heterocycles. The molecule has 0 radical (unpaired) electrons. The first kappa shape index (κ1) is 20.8. The number of hydrogen-bond donors (Lipinski definition) is 1. The molecule has 0 aliphatic rings. The van der Waals surface area contributed by atoms with Crippen LogP contribution < -0.4 is 14.8 Å². The maximum atomic E-state index is 12.2. The number of carbonyl (C=O) groups is 1. The summed E-state index contributed by atoms with van der Waals surface area (Å²) in [5, 5.41) is 2.82. The van der Waals surface area contributed by atoms with E-state index in [4.69, 9.17) is 9.47 Å². The van der Waals surface area contributed by atoms with Gasteiger partial charge < -0.3 is 14.8 Å². The lowest BCUT2D eigenvalue weighted by atomic mass is 10.2. The van der Waals surface area contributed by atoms with Gasteiger partial charge in [0.25, 0.3) is 0 Å². The standard InChI is InChI=1S/C24H21N5O3/c1-17-25-13-14-29(17)22-15-24(27-16-26-22)32-21-10-6-19(7-11-21)28-23(30)12-5-18-3-8-20(31-2)9-4-18/h3-16H,1-2H3,(H,28,30)/b12-5+. The fraction of sp³-hybridized carbons (Fsp3) is 0.0833. The van der Waals surface area contributed by atoms with Crippen LogP contribution in [0.5, 0.6) is 17.4 Å². The van der Waals surface area contributed by atoms with Crippen LogP contribution in [0.2, 0.25) is 0 Å². The van der Waals surface area contributed by atoms with Crippen LogP contribution in [-0.4, -0.2) is 32.5 Å². The monoisotopic (exact) mass is 427 g/mol. The third-order valence-electron chi connectivity index (χ3n) is 4.59. The molecule has 0 fully saturated rings. The van der Waals surface area contributed by atoms with Gasteiger partial charge in [0, 0.05) is 30.2 Å². The van der Waals surface area contributed by atoms with Crippen molar-refractivity contribution in [3.8, 4) is 23.2 Å². The molecule has 0 atom stereocenters. The minimum Gasteiger partial charge on any atom is -0.497 e. The van der Waals surface area contributed by atoms with Gasteiger partial charge in [0.05, 0.1) is 7.11 Å². The SMILES string of the molecule is COc1ccc(/C=C/C(=O)Nc2ccc(Oc3cc(-n4ccnc4C)ncn3)cc2)cc1. The number of nitrogens with one attached hydrogen (secondary N) is 1. The summed E-state index contributed by atoms with van der Waals surface area (Å²) in [4.78, 5) is 24.8. The Labute approximate surface area is 185 Å². The Kier molecular flexibility index (Phi) is 6.22. The molecule has 8 heteroatoms. The lowest BCUT2D eigenvalue weighted by Crippen LogP contribution is -2.07. The molecule has 0 aliphatic heterocycles. The molecule has 8 nitrogen and oxygen atoms in total. The molecule has 0 bridgehead atoms. The first-order valence-corrected chi connectivity index (χ1v) is 9.84. The second-order valence-electron chi connectivity index (χ2n) is 6.78. The number of anilines is 1. The molecule has 1 amide bonds. The number of carbonyl (C=O) groups excluding carboxylic acids is 1. The van der Waals surface area contributed by atoms with Gasteiger partial charge in [-0.15, -0.1) is 0 Å². The van der Waals surface area contributed by atoms with E-state index < -0.39 is 0 Å². The number of nitrogens with zero attached hydrogens (tertiary/aromatic N) is 4. The summed E-state index contributed by atoms with van der Waals surface area (Å²) in [6.07, 6.45) is 8.18. The second kappa shape index (κ2) is 9.57. The number of rotatable bonds is 7. The Hall–Kier alpha value is -4.46. The molecule has 160 valence electrons. The lowest BCUT2D eigenvalue weighted by molar-refractivity contribution is -0.111. The number of methoxy groups -OCH3 is 1. The van der Waals surface area contributed by atoms with Gasteiger partial charge in [0.1, 0.15) is 29.5 Å². The van der Waals surface area contributed by atoms with E-state index >= 15 is 0 Å². The predicted octanol–water partition coefficient (Wildman–Crippen LogP) is 4.42. The van der Waals surface area contributed by atoms with E-state index in [1.165, 1.54) is 12.4 Å². The first-order chi connectivity index (χ1) is 15.6. The molecule has 4 rings (SSSR count). The number of benzene rings is 2. The van der Waals surface area contributed by atoms with Gasteiger partial charge in [-0.2, -0.15) is 0 Å². The van der Waals surface area contributed by atoms with E-state index in [0.717, 1.165) is 17.1 Å². The maximum Gasteiger partial charge on any atom is 0.248 e. The first-order valence-electron chi connectivity index (χ1n) is 9.84. The average molecular weight is 427 g/mol. The molecule has 0 saturated carbocycles. The molecular weight excluding hydrogens is 406 g/mol. The molecule has 0 saturated heterocycles. The van der Waals surface area contributed by atoms with Gasteiger partial charge >= 0.3 is 0 Å². The van der Waals surface area contributed by atoms with Crippen molar-refractivity contribution in [3.05, 3.63) is 90.8 Å². The van der Waals surface area contributed by atoms with Gasteiger partial charge in [-0.05, 0) is 55.0 Å². The third-order valence-corrected chi connectivity index (χ3v) is 4.59. The highest BCUT2D eigenvalue weighted by Gasteiger charge is 2.06. The number of aryl methyl sites for hydroxylation is 1. The van der Waals surface area contributed by atoms with E-state index in [1.807, 2.05) is 42.0 Å². The van der Waals surface area contributed by atoms with Crippen molar-refractivity contribution in [2.75, 3.05) is 12.4 Å². The number of aromatic nitrogens is 4. The van der Waals surface area contributed by atoms with Crippen molar-refractivity contribution in [1.29, 1.82) is 0 Å². The molecule has 2 aromatic carbocycles. The zero-order valence-corrected chi connectivity index (χ0v) is 17.6. The van der Waals surface area contributed by atoms with Gasteiger partial charge in [0.15, 0.2) is 0 Å². The zero-order chi connectivity index (χ0) is 22.3. The van der Waals surface area contributed by atoms with Crippen molar-refractivity contribution < 1.29 is 14.3 Å². The van der Waals surface area contributed by atoms with Gasteiger partial charge in [0.2, 0.25) is 11.8 Å². The number of hydrogen-bond acceptors (Lipinski definition) is 6. The van der Waals surface area contributed by atoms with Crippen LogP contribution in [0.4, 0.5) is 5.69 Å². The Morgan fingerprint density at radius 3 is 2.44 bits per heavy atom. The lowest BCUT2D eigenvalue weighted by Gasteiger charge is -2.08. The van der Waals surface area contributed by atoms with Gasteiger partial charge in [-0.25, -0.2) is 15.0 Å². The topological polar surface area (TPSA) is 91.2 Å². The van der Waals surface area contributed by atoms with E-state index in [9.17, 15) is 4.79 Å².